The maximum atomic E-state index is 11.7. The normalized spacial score (nSPS) is 13.4. The number of hydrogen-bond donors (Lipinski definition) is 2. The number of H-pyrrole nitrogens is 1. The average molecular weight is 538 g/mol. The first-order valence-electron chi connectivity index (χ1n) is 13.5. The molecule has 0 aliphatic carbocycles. The first kappa shape index (κ1) is 27.0. The van der Waals surface area contributed by atoms with E-state index in [0.717, 1.165) is 82.3 Å². The van der Waals surface area contributed by atoms with Gasteiger partial charge in [0.1, 0.15) is 11.4 Å². The van der Waals surface area contributed by atoms with Gasteiger partial charge < -0.3 is 24.8 Å². The number of aromatic amines is 1. The molecule has 2 aromatic heterocycles. The number of carbonyl (C=O) groups is 2. The molecule has 3 heterocycles. The maximum Gasteiger partial charge on any atom is 0.219 e. The minimum absolute atomic E-state index is 0.0276. The van der Waals surface area contributed by atoms with E-state index in [0.29, 0.717) is 12.1 Å². The molecule has 1 aliphatic rings. The second kappa shape index (κ2) is 11.3. The van der Waals surface area contributed by atoms with Gasteiger partial charge in [-0.3, -0.25) is 9.59 Å². The molecule has 8 heteroatoms. The van der Waals surface area contributed by atoms with Crippen molar-refractivity contribution < 1.29 is 14.3 Å². The van der Waals surface area contributed by atoms with Crippen LogP contribution in [0.25, 0.3) is 33.4 Å². The molecule has 1 saturated heterocycles. The summed E-state index contributed by atoms with van der Waals surface area (Å²) in [6, 6.07) is 16.7. The minimum Gasteiger partial charge on any atom is -0.496 e. The number of ketones is 1. The van der Waals surface area contributed by atoms with Crippen molar-refractivity contribution in [3.05, 3.63) is 72.4 Å². The van der Waals surface area contributed by atoms with Crippen LogP contribution in [0.4, 0.5) is 11.4 Å². The molecule has 1 fully saturated rings. The molecule has 40 heavy (non-hydrogen) atoms. The number of anilines is 2. The van der Waals surface area contributed by atoms with Crippen LogP contribution in [-0.4, -0.2) is 66.4 Å². The number of piperazine rings is 1. The van der Waals surface area contributed by atoms with Crippen LogP contribution < -0.4 is 15.0 Å². The van der Waals surface area contributed by atoms with E-state index in [2.05, 4.69) is 69.2 Å². The van der Waals surface area contributed by atoms with Crippen LogP contribution in [0.1, 0.15) is 19.4 Å². The van der Waals surface area contributed by atoms with Crippen LogP contribution in [-0.2, 0) is 9.59 Å². The van der Waals surface area contributed by atoms with E-state index in [1.54, 1.807) is 20.2 Å². The van der Waals surface area contributed by atoms with Gasteiger partial charge >= 0.3 is 0 Å². The van der Waals surface area contributed by atoms with Crippen LogP contribution in [0.2, 0.25) is 0 Å². The lowest BCUT2D eigenvalue weighted by molar-refractivity contribution is -0.129. The van der Waals surface area contributed by atoms with Gasteiger partial charge in [0.05, 0.1) is 18.2 Å². The lowest BCUT2D eigenvalue weighted by Gasteiger charge is -2.35. The number of methoxy groups -OCH3 is 1. The molecule has 206 valence electrons. The second-order valence-electron chi connectivity index (χ2n) is 10.2. The number of hydrogen-bond acceptors (Lipinski definition) is 6. The number of aromatic nitrogens is 2. The van der Waals surface area contributed by atoms with Crippen molar-refractivity contribution in [2.75, 3.05) is 50.1 Å². The third-order valence-electron chi connectivity index (χ3n) is 7.64. The number of Topliss-reactive ketones (excluding diaryl/α,β-unsaturated/α-hetero) is 1. The molecule has 0 spiro atoms. The van der Waals surface area contributed by atoms with E-state index in [1.165, 1.54) is 6.92 Å². The molecule has 0 radical (unpaired) electrons. The summed E-state index contributed by atoms with van der Waals surface area (Å²) in [6.07, 6.45) is 1.74. The van der Waals surface area contributed by atoms with Gasteiger partial charge in [-0.2, -0.15) is 0 Å². The van der Waals surface area contributed by atoms with Crippen LogP contribution in [0.5, 0.6) is 5.75 Å². The third-order valence-corrected chi connectivity index (χ3v) is 7.64. The minimum atomic E-state index is -0.0276. The summed E-state index contributed by atoms with van der Waals surface area (Å²) in [4.78, 5) is 35.8. The molecule has 0 bridgehead atoms. The zero-order valence-corrected chi connectivity index (χ0v) is 23.5. The fraction of sp³-hybridized carbons (Fsp3) is 0.281. The number of benzene rings is 2. The van der Waals surface area contributed by atoms with Crippen molar-refractivity contribution in [2.45, 2.75) is 20.8 Å². The number of nitrogens with one attached hydrogen (secondary N) is 2. The Morgan fingerprint density at radius 3 is 2.38 bits per heavy atom. The zero-order chi connectivity index (χ0) is 28.4. The highest BCUT2D eigenvalue weighted by atomic mass is 16.5. The number of carbonyl (C=O) groups excluding carboxylic acids is 2. The molecule has 8 nitrogen and oxygen atoms in total. The van der Waals surface area contributed by atoms with E-state index in [4.69, 9.17) is 4.74 Å². The van der Waals surface area contributed by atoms with Crippen molar-refractivity contribution >= 4 is 34.1 Å². The highest BCUT2D eigenvalue weighted by molar-refractivity contribution is 6.06. The molecular formula is C32H35N5O3. The summed E-state index contributed by atoms with van der Waals surface area (Å²) < 4.78 is 5.76. The Labute approximate surface area is 234 Å². The highest BCUT2D eigenvalue weighted by Crippen LogP contribution is 2.43. The highest BCUT2D eigenvalue weighted by Gasteiger charge is 2.22. The van der Waals surface area contributed by atoms with Gasteiger partial charge in [0, 0.05) is 68.4 Å². The average Bonchev–Trinajstić information content (AvgIpc) is 3.36. The van der Waals surface area contributed by atoms with Gasteiger partial charge in [0.15, 0.2) is 5.78 Å². The number of ether oxygens (including phenoxy) is 1. The number of pyridine rings is 1. The Morgan fingerprint density at radius 2 is 1.73 bits per heavy atom. The molecule has 0 unspecified atom stereocenters. The Kier molecular flexibility index (Phi) is 7.60. The number of amides is 1. The molecule has 2 N–H and O–H groups in total. The predicted molar refractivity (Wildman–Crippen MR) is 161 cm³/mol. The van der Waals surface area contributed by atoms with Crippen molar-refractivity contribution in [3.8, 4) is 28.1 Å². The lowest BCUT2D eigenvalue weighted by Crippen LogP contribution is -2.48. The monoisotopic (exact) mass is 537 g/mol. The van der Waals surface area contributed by atoms with E-state index in [-0.39, 0.29) is 11.7 Å². The Morgan fingerprint density at radius 1 is 1.02 bits per heavy atom. The van der Waals surface area contributed by atoms with Crippen molar-refractivity contribution in [1.82, 2.24) is 14.9 Å². The number of nitrogens with zero attached hydrogens (tertiary/aromatic N) is 3. The molecule has 0 atom stereocenters. The quantitative estimate of drug-likeness (QED) is 0.291. The molecule has 1 amide bonds. The summed E-state index contributed by atoms with van der Waals surface area (Å²) in [7, 11) is 1.67. The molecule has 5 rings (SSSR count). The van der Waals surface area contributed by atoms with Crippen LogP contribution in [0.3, 0.4) is 0 Å². The van der Waals surface area contributed by atoms with Crippen LogP contribution in [0.15, 0.2) is 66.9 Å². The van der Waals surface area contributed by atoms with E-state index < -0.39 is 0 Å². The smallest absolute Gasteiger partial charge is 0.219 e. The first-order valence-corrected chi connectivity index (χ1v) is 13.5. The van der Waals surface area contributed by atoms with Crippen molar-refractivity contribution in [1.29, 1.82) is 0 Å². The van der Waals surface area contributed by atoms with Gasteiger partial charge in [-0.15, -0.1) is 0 Å². The second-order valence-corrected chi connectivity index (χ2v) is 10.2. The van der Waals surface area contributed by atoms with Crippen molar-refractivity contribution in [2.24, 2.45) is 0 Å². The molecule has 4 aromatic rings. The zero-order valence-electron chi connectivity index (χ0n) is 23.5. The molecule has 2 aromatic carbocycles. The van der Waals surface area contributed by atoms with E-state index >= 15 is 0 Å². The topological polar surface area (TPSA) is 90.6 Å². The van der Waals surface area contributed by atoms with Gasteiger partial charge in [0.25, 0.3) is 0 Å². The molecular weight excluding hydrogens is 502 g/mol. The van der Waals surface area contributed by atoms with Crippen molar-refractivity contribution in [3.63, 3.8) is 0 Å². The number of rotatable bonds is 8. The fourth-order valence-corrected chi connectivity index (χ4v) is 5.17. The van der Waals surface area contributed by atoms with Gasteiger partial charge in [0.2, 0.25) is 5.91 Å². The van der Waals surface area contributed by atoms with E-state index in [1.807, 2.05) is 17.9 Å². The lowest BCUT2D eigenvalue weighted by atomic mass is 9.96. The van der Waals surface area contributed by atoms with Gasteiger partial charge in [-0.1, -0.05) is 30.8 Å². The summed E-state index contributed by atoms with van der Waals surface area (Å²) in [5.74, 6) is 0.839. The summed E-state index contributed by atoms with van der Waals surface area (Å²) in [5, 5.41) is 4.29. The van der Waals surface area contributed by atoms with Gasteiger partial charge in [-0.05, 0) is 54.8 Å². The Hall–Kier alpha value is -4.59. The van der Waals surface area contributed by atoms with Crippen LogP contribution in [0, 0.1) is 6.92 Å². The number of fused-ring (bicyclic) bond motifs is 1. The Bertz CT molecular complexity index is 1580. The predicted octanol–water partition coefficient (Wildman–Crippen LogP) is 5.44. The summed E-state index contributed by atoms with van der Waals surface area (Å²) >= 11 is 0. The van der Waals surface area contributed by atoms with Gasteiger partial charge in [-0.25, -0.2) is 4.98 Å². The summed E-state index contributed by atoms with van der Waals surface area (Å²) in [5.41, 5.74) is 8.38. The molecule has 0 saturated carbocycles. The van der Waals surface area contributed by atoms with E-state index in [9.17, 15) is 9.59 Å². The number of aryl methyl sites for hydroxylation is 1. The Balaban J connectivity index is 1.54. The fourth-order valence-electron chi connectivity index (χ4n) is 5.17. The summed E-state index contributed by atoms with van der Waals surface area (Å²) in [6.45, 7) is 12.5. The van der Waals surface area contributed by atoms with Crippen LogP contribution >= 0.6 is 0 Å². The largest absolute Gasteiger partial charge is 0.496 e. The first-order chi connectivity index (χ1) is 19.3. The maximum absolute atomic E-state index is 11.7. The SMILES string of the molecule is C=C(CNc1cc(-c2c(-c3ccc(N4CCN(C(C)=O)CC4)cc3)[nH]c3nccc(OC)c23)ccc1C)C(C)=O. The third kappa shape index (κ3) is 5.30. The molecule has 1 aliphatic heterocycles. The standard InChI is InChI=1S/C32H35N5O3/c1-20-6-7-25(18-27(20)34-19-21(2)22(3)38)29-30-28(40-5)12-13-33-32(30)35-31(29)24-8-10-26(11-9-24)37-16-14-36(15-17-37)23(4)39/h6-13,18,34H,2,14-17,19H2,1,3-5H3,(H,33,35).